The van der Waals surface area contributed by atoms with Crippen molar-refractivity contribution < 1.29 is 4.79 Å². The number of rotatable bonds is 8. The molecule has 0 fully saturated rings. The first-order valence-electron chi connectivity index (χ1n) is 5.85. The van der Waals surface area contributed by atoms with Crippen LogP contribution in [0.1, 0.15) is 33.6 Å². The first-order chi connectivity index (χ1) is 7.13. The molecule has 0 aromatic carbocycles. The zero-order valence-corrected chi connectivity index (χ0v) is 10.3. The Morgan fingerprint density at radius 1 is 1.47 bits per heavy atom. The SMILES string of the molecule is CCCC(C)NC(=O)CN(CC)CCN. The fraction of sp³-hybridized carbons (Fsp3) is 0.909. The van der Waals surface area contributed by atoms with Gasteiger partial charge in [0.2, 0.25) is 5.91 Å². The van der Waals surface area contributed by atoms with Crippen molar-refractivity contribution in [1.29, 1.82) is 0 Å². The predicted octanol–water partition coefficient (Wildman–Crippen LogP) is 0.572. The van der Waals surface area contributed by atoms with Gasteiger partial charge < -0.3 is 11.1 Å². The maximum Gasteiger partial charge on any atom is 0.234 e. The Morgan fingerprint density at radius 2 is 2.13 bits per heavy atom. The van der Waals surface area contributed by atoms with Gasteiger partial charge in [-0.05, 0) is 19.9 Å². The van der Waals surface area contributed by atoms with Crippen LogP contribution in [0, 0.1) is 0 Å². The molecule has 0 saturated carbocycles. The summed E-state index contributed by atoms with van der Waals surface area (Å²) in [6.07, 6.45) is 2.14. The van der Waals surface area contributed by atoms with Crippen molar-refractivity contribution in [2.75, 3.05) is 26.2 Å². The van der Waals surface area contributed by atoms with Gasteiger partial charge in [-0.3, -0.25) is 9.69 Å². The molecule has 1 unspecified atom stereocenters. The van der Waals surface area contributed by atoms with E-state index in [1.54, 1.807) is 0 Å². The lowest BCUT2D eigenvalue weighted by molar-refractivity contribution is -0.122. The van der Waals surface area contributed by atoms with Crippen molar-refractivity contribution in [1.82, 2.24) is 10.2 Å². The van der Waals surface area contributed by atoms with Gasteiger partial charge in [0.25, 0.3) is 0 Å². The van der Waals surface area contributed by atoms with Gasteiger partial charge in [0, 0.05) is 19.1 Å². The van der Waals surface area contributed by atoms with Crippen LogP contribution in [0.3, 0.4) is 0 Å². The van der Waals surface area contributed by atoms with Crippen LogP contribution in [-0.4, -0.2) is 43.0 Å². The predicted molar refractivity (Wildman–Crippen MR) is 63.7 cm³/mol. The van der Waals surface area contributed by atoms with Crippen molar-refractivity contribution in [2.24, 2.45) is 5.73 Å². The summed E-state index contributed by atoms with van der Waals surface area (Å²) in [5.74, 6) is 0.103. The topological polar surface area (TPSA) is 58.4 Å². The molecule has 0 saturated heterocycles. The minimum absolute atomic E-state index is 0.103. The molecule has 4 heteroatoms. The lowest BCUT2D eigenvalue weighted by atomic mass is 10.2. The molecule has 1 amide bonds. The summed E-state index contributed by atoms with van der Waals surface area (Å²) in [5.41, 5.74) is 5.46. The highest BCUT2D eigenvalue weighted by Crippen LogP contribution is 1.95. The monoisotopic (exact) mass is 215 g/mol. The maximum atomic E-state index is 11.6. The Kier molecular flexibility index (Phi) is 8.33. The van der Waals surface area contributed by atoms with E-state index in [9.17, 15) is 4.79 Å². The molecular formula is C11H25N3O. The highest BCUT2D eigenvalue weighted by molar-refractivity contribution is 5.78. The van der Waals surface area contributed by atoms with Gasteiger partial charge in [0.1, 0.15) is 0 Å². The number of carbonyl (C=O) groups excluding carboxylic acids is 1. The Morgan fingerprint density at radius 3 is 2.60 bits per heavy atom. The molecule has 0 bridgehead atoms. The van der Waals surface area contributed by atoms with Gasteiger partial charge in [0.05, 0.1) is 6.54 Å². The first kappa shape index (κ1) is 14.4. The largest absolute Gasteiger partial charge is 0.353 e. The molecule has 4 nitrogen and oxygen atoms in total. The Balaban J connectivity index is 3.79. The molecule has 0 aromatic rings. The molecule has 0 aliphatic rings. The summed E-state index contributed by atoms with van der Waals surface area (Å²) < 4.78 is 0. The zero-order chi connectivity index (χ0) is 11.7. The summed E-state index contributed by atoms with van der Waals surface area (Å²) in [6, 6.07) is 0.277. The van der Waals surface area contributed by atoms with E-state index in [2.05, 4.69) is 12.2 Å². The molecule has 1 atom stereocenters. The fourth-order valence-corrected chi connectivity index (χ4v) is 1.56. The number of hydrogen-bond acceptors (Lipinski definition) is 3. The van der Waals surface area contributed by atoms with Crippen LogP contribution >= 0.6 is 0 Å². The molecule has 0 radical (unpaired) electrons. The smallest absolute Gasteiger partial charge is 0.234 e. The number of amides is 1. The van der Waals surface area contributed by atoms with Crippen molar-refractivity contribution in [3.05, 3.63) is 0 Å². The minimum atomic E-state index is 0.103. The molecule has 0 aromatic heterocycles. The molecule has 3 N–H and O–H groups in total. The number of nitrogens with two attached hydrogens (primary N) is 1. The number of nitrogens with zero attached hydrogens (tertiary/aromatic N) is 1. The average molecular weight is 215 g/mol. The van der Waals surface area contributed by atoms with Crippen LogP contribution in [0.4, 0.5) is 0 Å². The maximum absolute atomic E-state index is 11.6. The average Bonchev–Trinajstić information content (AvgIpc) is 2.17. The van der Waals surface area contributed by atoms with Crippen LogP contribution in [0.5, 0.6) is 0 Å². The van der Waals surface area contributed by atoms with Gasteiger partial charge in [-0.1, -0.05) is 20.3 Å². The van der Waals surface area contributed by atoms with Crippen molar-refractivity contribution in [3.8, 4) is 0 Å². The highest BCUT2D eigenvalue weighted by atomic mass is 16.2. The first-order valence-corrected chi connectivity index (χ1v) is 5.85. The standard InChI is InChI=1S/C11H25N3O/c1-4-6-10(3)13-11(15)9-14(5-2)8-7-12/h10H,4-9,12H2,1-3H3,(H,13,15). The van der Waals surface area contributed by atoms with Gasteiger partial charge >= 0.3 is 0 Å². The number of likely N-dealkylation sites (N-methyl/N-ethyl adjacent to an activating group) is 1. The summed E-state index contributed by atoms with van der Waals surface area (Å²) in [4.78, 5) is 13.6. The van der Waals surface area contributed by atoms with Crippen molar-refractivity contribution in [2.45, 2.75) is 39.7 Å². The summed E-state index contributed by atoms with van der Waals surface area (Å²) in [6.45, 7) is 8.92. The lowest BCUT2D eigenvalue weighted by Crippen LogP contribution is -2.42. The number of nitrogens with one attached hydrogen (secondary N) is 1. The molecule has 0 aliphatic heterocycles. The van der Waals surface area contributed by atoms with Crippen LogP contribution < -0.4 is 11.1 Å². The summed E-state index contributed by atoms with van der Waals surface area (Å²) in [5, 5.41) is 2.98. The molecule has 90 valence electrons. The Labute approximate surface area is 93.2 Å². The second-order valence-corrected chi connectivity index (χ2v) is 3.91. The van der Waals surface area contributed by atoms with E-state index in [4.69, 9.17) is 5.73 Å². The lowest BCUT2D eigenvalue weighted by Gasteiger charge is -2.20. The van der Waals surface area contributed by atoms with E-state index >= 15 is 0 Å². The second-order valence-electron chi connectivity index (χ2n) is 3.91. The minimum Gasteiger partial charge on any atom is -0.353 e. The number of carbonyl (C=O) groups is 1. The van der Waals surface area contributed by atoms with Crippen LogP contribution in [0.15, 0.2) is 0 Å². The summed E-state index contributed by atoms with van der Waals surface area (Å²) >= 11 is 0. The van der Waals surface area contributed by atoms with E-state index in [1.807, 2.05) is 18.7 Å². The van der Waals surface area contributed by atoms with E-state index in [0.717, 1.165) is 25.9 Å². The Hall–Kier alpha value is -0.610. The highest BCUT2D eigenvalue weighted by Gasteiger charge is 2.10. The molecular weight excluding hydrogens is 190 g/mol. The third-order valence-corrected chi connectivity index (χ3v) is 2.39. The van der Waals surface area contributed by atoms with E-state index in [-0.39, 0.29) is 11.9 Å². The second kappa shape index (κ2) is 8.68. The van der Waals surface area contributed by atoms with Gasteiger partial charge in [-0.25, -0.2) is 0 Å². The van der Waals surface area contributed by atoms with Gasteiger partial charge in [-0.2, -0.15) is 0 Å². The van der Waals surface area contributed by atoms with E-state index < -0.39 is 0 Å². The molecule has 0 spiro atoms. The fourth-order valence-electron chi connectivity index (χ4n) is 1.56. The summed E-state index contributed by atoms with van der Waals surface area (Å²) in [7, 11) is 0. The van der Waals surface area contributed by atoms with E-state index in [0.29, 0.717) is 13.1 Å². The number of hydrogen-bond donors (Lipinski definition) is 2. The molecule has 0 aliphatic carbocycles. The normalized spacial score (nSPS) is 12.9. The van der Waals surface area contributed by atoms with Crippen LogP contribution in [0.25, 0.3) is 0 Å². The van der Waals surface area contributed by atoms with Crippen LogP contribution in [0.2, 0.25) is 0 Å². The third-order valence-electron chi connectivity index (χ3n) is 2.39. The quantitative estimate of drug-likeness (QED) is 0.622. The van der Waals surface area contributed by atoms with Gasteiger partial charge in [-0.15, -0.1) is 0 Å². The third kappa shape index (κ3) is 7.33. The van der Waals surface area contributed by atoms with Crippen molar-refractivity contribution in [3.63, 3.8) is 0 Å². The van der Waals surface area contributed by atoms with Crippen LogP contribution in [-0.2, 0) is 4.79 Å². The zero-order valence-electron chi connectivity index (χ0n) is 10.3. The van der Waals surface area contributed by atoms with Crippen molar-refractivity contribution >= 4 is 5.91 Å². The van der Waals surface area contributed by atoms with Gasteiger partial charge in [0.15, 0.2) is 0 Å². The molecule has 0 heterocycles. The van der Waals surface area contributed by atoms with E-state index in [1.165, 1.54) is 0 Å². The Bertz CT molecular complexity index is 173. The molecule has 0 rings (SSSR count). The molecule has 15 heavy (non-hydrogen) atoms.